The van der Waals surface area contributed by atoms with Crippen molar-refractivity contribution in [1.29, 1.82) is 0 Å². The Morgan fingerprint density at radius 2 is 1.63 bits per heavy atom. The van der Waals surface area contributed by atoms with Gasteiger partial charge >= 0.3 is 0 Å². The number of amides is 1. The van der Waals surface area contributed by atoms with Gasteiger partial charge in [0, 0.05) is 37.3 Å². The molecule has 1 amide bonds. The molecule has 2 aromatic rings. The summed E-state index contributed by atoms with van der Waals surface area (Å²) in [4.78, 5) is 27.7. The number of piperazine rings is 1. The Labute approximate surface area is 156 Å². The third-order valence-corrected chi connectivity index (χ3v) is 4.88. The highest BCUT2D eigenvalue weighted by molar-refractivity contribution is 5.95. The first-order valence-electron chi connectivity index (χ1n) is 8.77. The van der Waals surface area contributed by atoms with E-state index in [1.807, 2.05) is 4.90 Å². The molecule has 4 rings (SSSR count). The van der Waals surface area contributed by atoms with Crippen molar-refractivity contribution in [2.45, 2.75) is 6.92 Å². The van der Waals surface area contributed by atoms with Gasteiger partial charge in [-0.3, -0.25) is 9.59 Å². The van der Waals surface area contributed by atoms with Gasteiger partial charge in [0.15, 0.2) is 17.3 Å². The van der Waals surface area contributed by atoms with Gasteiger partial charge in [0.05, 0.1) is 5.69 Å². The van der Waals surface area contributed by atoms with Crippen LogP contribution in [0.4, 0.5) is 10.1 Å². The van der Waals surface area contributed by atoms with E-state index in [1.165, 1.54) is 13.0 Å². The largest absolute Gasteiger partial charge is 0.454 e. The van der Waals surface area contributed by atoms with Crippen molar-refractivity contribution in [1.82, 2.24) is 4.90 Å². The molecule has 27 heavy (non-hydrogen) atoms. The second kappa shape index (κ2) is 6.90. The van der Waals surface area contributed by atoms with Crippen LogP contribution in [0.3, 0.4) is 0 Å². The molecule has 0 bridgehead atoms. The lowest BCUT2D eigenvalue weighted by molar-refractivity contribution is 0.0746. The summed E-state index contributed by atoms with van der Waals surface area (Å²) in [5.41, 5.74) is 1.35. The quantitative estimate of drug-likeness (QED) is 0.778. The number of hydrogen-bond acceptors (Lipinski definition) is 5. The number of ether oxygens (including phenoxy) is 2. The number of benzene rings is 2. The predicted molar refractivity (Wildman–Crippen MR) is 97.1 cm³/mol. The number of rotatable bonds is 3. The molecule has 1 saturated heterocycles. The minimum atomic E-state index is -0.418. The van der Waals surface area contributed by atoms with Gasteiger partial charge in [0.25, 0.3) is 5.91 Å². The number of Topliss-reactive ketones (excluding diaryl/α,β-unsaturated/α-hetero) is 1. The minimum absolute atomic E-state index is 0.0830. The minimum Gasteiger partial charge on any atom is -0.454 e. The fourth-order valence-corrected chi connectivity index (χ4v) is 3.34. The van der Waals surface area contributed by atoms with Crippen molar-refractivity contribution < 1.29 is 23.5 Å². The highest BCUT2D eigenvalue weighted by Gasteiger charge is 2.25. The fourth-order valence-electron chi connectivity index (χ4n) is 3.34. The highest BCUT2D eigenvalue weighted by atomic mass is 19.1. The second-order valence-corrected chi connectivity index (χ2v) is 6.57. The Morgan fingerprint density at radius 3 is 2.33 bits per heavy atom. The summed E-state index contributed by atoms with van der Waals surface area (Å²) in [5, 5.41) is 0. The van der Waals surface area contributed by atoms with Crippen LogP contribution < -0.4 is 14.4 Å². The summed E-state index contributed by atoms with van der Waals surface area (Å²) in [6, 6.07) is 9.67. The standard InChI is InChI=1S/C20H19FN2O4/c1-13(24)14-2-4-17(16(21)10-14)22-6-8-23(9-7-22)20(25)15-3-5-18-19(11-15)27-12-26-18/h2-5,10-11H,6-9,12H2,1H3. The van der Waals surface area contributed by atoms with E-state index >= 15 is 0 Å². The molecular weight excluding hydrogens is 351 g/mol. The SMILES string of the molecule is CC(=O)c1ccc(N2CCN(C(=O)c3ccc4c(c3)OCO4)CC2)c(F)c1. The van der Waals surface area contributed by atoms with Gasteiger partial charge in [0.2, 0.25) is 6.79 Å². The molecule has 2 aliphatic rings. The second-order valence-electron chi connectivity index (χ2n) is 6.57. The van der Waals surface area contributed by atoms with Crippen molar-refractivity contribution in [2.24, 2.45) is 0 Å². The van der Waals surface area contributed by atoms with Crippen molar-refractivity contribution >= 4 is 17.4 Å². The molecule has 2 aliphatic heterocycles. The number of carbonyl (C=O) groups is 2. The van der Waals surface area contributed by atoms with Crippen LogP contribution in [-0.2, 0) is 0 Å². The van der Waals surface area contributed by atoms with E-state index < -0.39 is 5.82 Å². The maximum Gasteiger partial charge on any atom is 0.254 e. The molecule has 0 radical (unpaired) electrons. The first-order valence-corrected chi connectivity index (χ1v) is 8.77. The van der Waals surface area contributed by atoms with Crippen molar-refractivity contribution in [3.05, 3.63) is 53.3 Å². The monoisotopic (exact) mass is 370 g/mol. The average Bonchev–Trinajstić information content (AvgIpc) is 3.15. The Bertz CT molecular complexity index is 907. The number of halogens is 1. The summed E-state index contributed by atoms with van der Waals surface area (Å²) in [7, 11) is 0. The molecular formula is C20H19FN2O4. The van der Waals surface area contributed by atoms with Gasteiger partial charge in [-0.1, -0.05) is 0 Å². The molecule has 0 N–H and O–H groups in total. The molecule has 1 fully saturated rings. The summed E-state index contributed by atoms with van der Waals surface area (Å²) in [5.74, 6) is 0.547. The number of fused-ring (bicyclic) bond motifs is 1. The van der Waals surface area contributed by atoms with Crippen LogP contribution in [0.15, 0.2) is 36.4 Å². The van der Waals surface area contributed by atoms with Gasteiger partial charge < -0.3 is 19.3 Å². The van der Waals surface area contributed by atoms with E-state index in [4.69, 9.17) is 9.47 Å². The van der Waals surface area contributed by atoms with Gasteiger partial charge in [-0.25, -0.2) is 4.39 Å². The zero-order valence-corrected chi connectivity index (χ0v) is 14.9. The van der Waals surface area contributed by atoms with E-state index in [0.29, 0.717) is 54.5 Å². The maximum atomic E-state index is 14.3. The third-order valence-electron chi connectivity index (χ3n) is 4.88. The summed E-state index contributed by atoms with van der Waals surface area (Å²) >= 11 is 0. The van der Waals surface area contributed by atoms with E-state index in [9.17, 15) is 14.0 Å². The molecule has 2 heterocycles. The summed E-state index contributed by atoms with van der Waals surface area (Å²) in [6.07, 6.45) is 0. The van der Waals surface area contributed by atoms with Crippen LogP contribution in [-0.4, -0.2) is 49.6 Å². The first-order chi connectivity index (χ1) is 13.0. The van der Waals surface area contributed by atoms with Crippen molar-refractivity contribution in [3.63, 3.8) is 0 Å². The molecule has 0 aromatic heterocycles. The molecule has 0 atom stereocenters. The molecule has 2 aromatic carbocycles. The fraction of sp³-hybridized carbons (Fsp3) is 0.300. The number of nitrogens with zero attached hydrogens (tertiary/aromatic N) is 2. The van der Waals surface area contributed by atoms with Crippen LogP contribution in [0, 0.1) is 5.82 Å². The molecule has 0 spiro atoms. The lowest BCUT2D eigenvalue weighted by atomic mass is 10.1. The zero-order valence-electron chi connectivity index (χ0n) is 14.9. The van der Waals surface area contributed by atoms with Crippen molar-refractivity contribution in [2.75, 3.05) is 37.9 Å². The normalized spacial score (nSPS) is 15.8. The maximum absolute atomic E-state index is 14.3. The van der Waals surface area contributed by atoms with Gasteiger partial charge in [0.1, 0.15) is 5.82 Å². The smallest absolute Gasteiger partial charge is 0.254 e. The van der Waals surface area contributed by atoms with E-state index in [1.54, 1.807) is 35.2 Å². The van der Waals surface area contributed by atoms with Crippen LogP contribution in [0.2, 0.25) is 0 Å². The number of carbonyl (C=O) groups excluding carboxylic acids is 2. The van der Waals surface area contributed by atoms with E-state index in [0.717, 1.165) is 0 Å². The van der Waals surface area contributed by atoms with Crippen LogP contribution in [0.1, 0.15) is 27.6 Å². The van der Waals surface area contributed by atoms with E-state index in [-0.39, 0.29) is 18.5 Å². The average molecular weight is 370 g/mol. The Hall–Kier alpha value is -3.09. The van der Waals surface area contributed by atoms with Gasteiger partial charge in [-0.15, -0.1) is 0 Å². The lowest BCUT2D eigenvalue weighted by Gasteiger charge is -2.36. The highest BCUT2D eigenvalue weighted by Crippen LogP contribution is 2.33. The molecule has 0 aliphatic carbocycles. The lowest BCUT2D eigenvalue weighted by Crippen LogP contribution is -2.49. The van der Waals surface area contributed by atoms with Crippen molar-refractivity contribution in [3.8, 4) is 11.5 Å². The summed E-state index contributed by atoms with van der Waals surface area (Å²) < 4.78 is 24.9. The molecule has 0 unspecified atom stereocenters. The Balaban J connectivity index is 1.43. The topological polar surface area (TPSA) is 59.1 Å². The van der Waals surface area contributed by atoms with E-state index in [2.05, 4.69) is 0 Å². The molecule has 0 saturated carbocycles. The molecule has 7 heteroatoms. The Morgan fingerprint density at radius 1 is 0.926 bits per heavy atom. The third kappa shape index (κ3) is 3.32. The van der Waals surface area contributed by atoms with Crippen LogP contribution in [0.5, 0.6) is 11.5 Å². The van der Waals surface area contributed by atoms with Crippen LogP contribution in [0.25, 0.3) is 0 Å². The first kappa shape index (κ1) is 17.3. The molecule has 140 valence electrons. The number of hydrogen-bond donors (Lipinski definition) is 0. The Kier molecular flexibility index (Phi) is 4.43. The number of ketones is 1. The summed E-state index contributed by atoms with van der Waals surface area (Å²) in [6.45, 7) is 3.59. The zero-order chi connectivity index (χ0) is 19.0. The van der Waals surface area contributed by atoms with Crippen LogP contribution >= 0.6 is 0 Å². The molecule has 6 nitrogen and oxygen atoms in total. The van der Waals surface area contributed by atoms with Gasteiger partial charge in [-0.2, -0.15) is 0 Å². The van der Waals surface area contributed by atoms with Gasteiger partial charge in [-0.05, 0) is 43.3 Å². The predicted octanol–water partition coefficient (Wildman–Crippen LogP) is 2.72. The number of anilines is 1.